The molecule has 2 aromatic carbocycles. The number of esters is 1. The summed E-state index contributed by atoms with van der Waals surface area (Å²) in [5, 5.41) is 0. The summed E-state index contributed by atoms with van der Waals surface area (Å²) in [6.45, 7) is 3.20. The first-order chi connectivity index (χ1) is 17.6. The van der Waals surface area contributed by atoms with Gasteiger partial charge in [-0.2, -0.15) is 13.2 Å². The smallest absolute Gasteiger partial charge is 0.416 e. The van der Waals surface area contributed by atoms with Gasteiger partial charge in [-0.25, -0.2) is 18.6 Å². The average Bonchev–Trinajstić information content (AvgIpc) is 3.34. The third-order valence-electron chi connectivity index (χ3n) is 6.14. The van der Waals surface area contributed by atoms with Crippen LogP contribution in [0.4, 0.5) is 22.0 Å². The first-order valence-electron chi connectivity index (χ1n) is 11.7. The summed E-state index contributed by atoms with van der Waals surface area (Å²) >= 11 is 0. The van der Waals surface area contributed by atoms with Crippen LogP contribution in [0.15, 0.2) is 48.5 Å². The van der Waals surface area contributed by atoms with Gasteiger partial charge in [0.1, 0.15) is 12.4 Å². The molecule has 9 heteroatoms. The summed E-state index contributed by atoms with van der Waals surface area (Å²) in [7, 11) is 0. The van der Waals surface area contributed by atoms with Crippen LogP contribution in [0, 0.1) is 18.6 Å². The molecular weight excluding hydrogens is 493 g/mol. The fraction of sp³-hybridized carbons (Fsp3) is 0.286. The second-order valence-corrected chi connectivity index (χ2v) is 8.60. The van der Waals surface area contributed by atoms with E-state index in [2.05, 4.69) is 4.98 Å². The highest BCUT2D eigenvalue weighted by Crippen LogP contribution is 2.44. The molecule has 0 radical (unpaired) electrons. The molecule has 0 bridgehead atoms. The lowest BCUT2D eigenvalue weighted by Crippen LogP contribution is -2.10. The zero-order valence-electron chi connectivity index (χ0n) is 20.2. The standard InChI is InChI=1S/C28H24F5NO3/c1-3-36-27(35)26-16(2)10-12-23(34-26)20-8-5-7-19(20)21-14-18(28(31,32)33)11-13-24(21)37-15-17-6-4-9-22(29)25(17)30/h4,6,9-14H,3,5,7-8,15H2,1-2H3. The fourth-order valence-electron chi connectivity index (χ4n) is 4.31. The molecule has 3 aromatic rings. The van der Waals surface area contributed by atoms with E-state index in [9.17, 15) is 26.7 Å². The lowest BCUT2D eigenvalue weighted by molar-refractivity contribution is -0.137. The van der Waals surface area contributed by atoms with Gasteiger partial charge in [0.2, 0.25) is 0 Å². The highest BCUT2D eigenvalue weighted by atomic mass is 19.4. The first-order valence-corrected chi connectivity index (χ1v) is 11.7. The molecule has 1 aromatic heterocycles. The van der Waals surface area contributed by atoms with Crippen molar-refractivity contribution in [1.82, 2.24) is 4.98 Å². The van der Waals surface area contributed by atoms with E-state index in [1.165, 1.54) is 18.2 Å². The van der Waals surface area contributed by atoms with E-state index in [-0.39, 0.29) is 35.8 Å². The number of hydrogen-bond donors (Lipinski definition) is 0. The van der Waals surface area contributed by atoms with E-state index in [0.717, 1.165) is 18.2 Å². The van der Waals surface area contributed by atoms with E-state index in [4.69, 9.17) is 9.47 Å². The number of nitrogens with zero attached hydrogens (tertiary/aromatic N) is 1. The van der Waals surface area contributed by atoms with Gasteiger partial charge >= 0.3 is 12.1 Å². The quantitative estimate of drug-likeness (QED) is 0.240. The van der Waals surface area contributed by atoms with Crippen molar-refractivity contribution in [2.45, 2.75) is 45.9 Å². The number of hydrogen-bond acceptors (Lipinski definition) is 4. The van der Waals surface area contributed by atoms with Gasteiger partial charge in [-0.15, -0.1) is 0 Å². The summed E-state index contributed by atoms with van der Waals surface area (Å²) in [5.74, 6) is -2.60. The van der Waals surface area contributed by atoms with Crippen LogP contribution in [0.3, 0.4) is 0 Å². The Morgan fingerprint density at radius 1 is 1.03 bits per heavy atom. The molecule has 1 aliphatic carbocycles. The summed E-state index contributed by atoms with van der Waals surface area (Å²) < 4.78 is 79.4. The van der Waals surface area contributed by atoms with Crippen LogP contribution < -0.4 is 4.74 Å². The van der Waals surface area contributed by atoms with Crippen molar-refractivity contribution in [3.63, 3.8) is 0 Å². The Morgan fingerprint density at radius 2 is 1.78 bits per heavy atom. The molecule has 37 heavy (non-hydrogen) atoms. The SMILES string of the molecule is CCOC(=O)c1nc(C2=C(c3cc(C(F)(F)F)ccc3OCc3cccc(F)c3F)CCC2)ccc1C. The molecule has 194 valence electrons. The van der Waals surface area contributed by atoms with E-state index >= 15 is 0 Å². The highest BCUT2D eigenvalue weighted by molar-refractivity contribution is 5.95. The molecule has 0 amide bonds. The summed E-state index contributed by atoms with van der Waals surface area (Å²) in [6.07, 6.45) is -2.96. The normalized spacial score (nSPS) is 13.7. The molecule has 0 spiro atoms. The van der Waals surface area contributed by atoms with E-state index in [0.29, 0.717) is 41.7 Å². The number of aromatic nitrogens is 1. The molecule has 1 heterocycles. The maximum absolute atomic E-state index is 14.1. The summed E-state index contributed by atoms with van der Waals surface area (Å²) in [5.41, 5.74) is 1.75. The lowest BCUT2D eigenvalue weighted by atomic mass is 9.96. The average molecular weight is 517 g/mol. The Hall–Kier alpha value is -3.75. The number of alkyl halides is 3. The van der Waals surface area contributed by atoms with Crippen LogP contribution in [0.1, 0.15) is 64.6 Å². The Bertz CT molecular complexity index is 1360. The number of carbonyl (C=O) groups is 1. The number of ether oxygens (including phenoxy) is 2. The number of rotatable bonds is 7. The fourth-order valence-corrected chi connectivity index (χ4v) is 4.31. The number of pyridine rings is 1. The lowest BCUT2D eigenvalue weighted by Gasteiger charge is -2.17. The molecule has 0 atom stereocenters. The van der Waals surface area contributed by atoms with Gasteiger partial charge in [0.25, 0.3) is 0 Å². The number of aryl methyl sites for hydroxylation is 1. The molecule has 0 N–H and O–H groups in total. The first kappa shape index (κ1) is 26.3. The number of halogens is 5. The van der Waals surface area contributed by atoms with Gasteiger partial charge in [0.15, 0.2) is 17.3 Å². The maximum Gasteiger partial charge on any atom is 0.416 e. The molecule has 0 saturated carbocycles. The van der Waals surface area contributed by atoms with Gasteiger partial charge in [-0.05, 0) is 80.2 Å². The van der Waals surface area contributed by atoms with E-state index in [1.54, 1.807) is 26.0 Å². The minimum Gasteiger partial charge on any atom is -0.488 e. The molecule has 4 rings (SSSR count). The summed E-state index contributed by atoms with van der Waals surface area (Å²) in [6, 6.07) is 10.1. The molecule has 1 aliphatic rings. The largest absolute Gasteiger partial charge is 0.488 e. The van der Waals surface area contributed by atoms with Crippen LogP contribution in [0.2, 0.25) is 0 Å². The van der Waals surface area contributed by atoms with Crippen molar-refractivity contribution in [2.24, 2.45) is 0 Å². The van der Waals surface area contributed by atoms with Crippen molar-refractivity contribution in [2.75, 3.05) is 6.61 Å². The zero-order chi connectivity index (χ0) is 26.7. The van der Waals surface area contributed by atoms with Gasteiger partial charge in [0, 0.05) is 11.1 Å². The molecule has 0 saturated heterocycles. The van der Waals surface area contributed by atoms with Gasteiger partial charge in [-0.3, -0.25) is 0 Å². The van der Waals surface area contributed by atoms with Crippen LogP contribution in [-0.2, 0) is 17.5 Å². The molecule has 4 nitrogen and oxygen atoms in total. The van der Waals surface area contributed by atoms with Gasteiger partial charge in [0.05, 0.1) is 17.9 Å². The zero-order valence-corrected chi connectivity index (χ0v) is 20.2. The summed E-state index contributed by atoms with van der Waals surface area (Å²) in [4.78, 5) is 16.8. The van der Waals surface area contributed by atoms with Crippen LogP contribution in [0.25, 0.3) is 11.1 Å². The van der Waals surface area contributed by atoms with E-state index < -0.39 is 29.3 Å². The Morgan fingerprint density at radius 3 is 2.51 bits per heavy atom. The predicted octanol–water partition coefficient (Wildman–Crippen LogP) is 7.54. The minimum absolute atomic E-state index is 0.0641. The predicted molar refractivity (Wildman–Crippen MR) is 128 cm³/mol. The van der Waals surface area contributed by atoms with Crippen LogP contribution in [0.5, 0.6) is 5.75 Å². The Kier molecular flexibility index (Phi) is 7.61. The second kappa shape index (κ2) is 10.7. The van der Waals surface area contributed by atoms with Crippen LogP contribution >= 0.6 is 0 Å². The number of benzene rings is 2. The minimum atomic E-state index is -4.60. The van der Waals surface area contributed by atoms with Crippen molar-refractivity contribution in [3.8, 4) is 5.75 Å². The second-order valence-electron chi connectivity index (χ2n) is 8.60. The Labute approximate surface area is 210 Å². The van der Waals surface area contributed by atoms with Gasteiger partial charge in [-0.1, -0.05) is 18.2 Å². The Balaban J connectivity index is 1.79. The molecule has 0 unspecified atom stereocenters. The topological polar surface area (TPSA) is 48.4 Å². The van der Waals surface area contributed by atoms with Crippen LogP contribution in [-0.4, -0.2) is 17.6 Å². The number of allylic oxidation sites excluding steroid dienone is 2. The molecule has 0 aliphatic heterocycles. The van der Waals surface area contributed by atoms with Crippen molar-refractivity contribution in [3.05, 3.63) is 93.8 Å². The van der Waals surface area contributed by atoms with Crippen molar-refractivity contribution < 1.29 is 36.2 Å². The molecular formula is C28H24F5NO3. The third-order valence-corrected chi connectivity index (χ3v) is 6.14. The van der Waals surface area contributed by atoms with Gasteiger partial charge < -0.3 is 9.47 Å². The van der Waals surface area contributed by atoms with E-state index in [1.807, 2.05) is 0 Å². The number of carbonyl (C=O) groups excluding carboxylic acids is 1. The van der Waals surface area contributed by atoms with Crippen molar-refractivity contribution in [1.29, 1.82) is 0 Å². The maximum atomic E-state index is 14.1. The highest BCUT2D eigenvalue weighted by Gasteiger charge is 2.32. The third kappa shape index (κ3) is 5.65. The monoisotopic (exact) mass is 517 g/mol. The molecule has 0 fully saturated rings. The van der Waals surface area contributed by atoms with Crippen molar-refractivity contribution >= 4 is 17.1 Å².